The number of nitrogens with one attached hydrogen (secondary N) is 2. The van der Waals surface area contributed by atoms with Gasteiger partial charge >= 0.3 is 0 Å². The second-order valence-corrected chi connectivity index (χ2v) is 6.92. The molecule has 0 aromatic heterocycles. The Morgan fingerprint density at radius 1 is 1.29 bits per heavy atom. The highest BCUT2D eigenvalue weighted by molar-refractivity contribution is 8.00. The van der Waals surface area contributed by atoms with Gasteiger partial charge in [-0.2, -0.15) is 0 Å². The molecule has 1 aliphatic rings. The lowest BCUT2D eigenvalue weighted by Gasteiger charge is -2.22. The maximum Gasteiger partial charge on any atom is 0.237 e. The van der Waals surface area contributed by atoms with Crippen LogP contribution < -0.4 is 15.4 Å². The zero-order valence-corrected chi connectivity index (χ0v) is 14.3. The Hall–Kier alpha value is -2.47. The molecule has 2 aromatic carbocycles. The van der Waals surface area contributed by atoms with E-state index in [1.54, 1.807) is 13.2 Å². The first-order valence-electron chi connectivity index (χ1n) is 7.59. The van der Waals surface area contributed by atoms with Gasteiger partial charge < -0.3 is 15.4 Å². The summed E-state index contributed by atoms with van der Waals surface area (Å²) < 4.78 is 5.16. The Morgan fingerprint density at radius 3 is 2.92 bits per heavy atom. The van der Waals surface area contributed by atoms with Crippen molar-refractivity contribution in [2.75, 3.05) is 17.7 Å². The molecule has 124 valence electrons. The molecule has 5 nitrogen and oxygen atoms in total. The van der Waals surface area contributed by atoms with Gasteiger partial charge in [0.15, 0.2) is 0 Å². The van der Waals surface area contributed by atoms with Crippen LogP contribution >= 0.6 is 11.8 Å². The Labute approximate surface area is 144 Å². The molecular weight excluding hydrogens is 324 g/mol. The maximum atomic E-state index is 12.2. The summed E-state index contributed by atoms with van der Waals surface area (Å²) >= 11 is 1.52. The molecule has 0 saturated heterocycles. The Bertz CT molecular complexity index is 792. The van der Waals surface area contributed by atoms with Crippen molar-refractivity contribution in [3.05, 3.63) is 48.0 Å². The zero-order valence-electron chi connectivity index (χ0n) is 13.5. The lowest BCUT2D eigenvalue weighted by molar-refractivity contribution is -0.116. The summed E-state index contributed by atoms with van der Waals surface area (Å²) in [6, 6.07) is 13.0. The van der Waals surface area contributed by atoms with E-state index in [0.29, 0.717) is 5.69 Å². The number of methoxy groups -OCH3 is 1. The molecule has 1 heterocycles. The van der Waals surface area contributed by atoms with Crippen molar-refractivity contribution in [2.24, 2.45) is 0 Å². The van der Waals surface area contributed by atoms with E-state index in [4.69, 9.17) is 4.74 Å². The molecule has 2 N–H and O–H groups in total. The van der Waals surface area contributed by atoms with Crippen LogP contribution in [0.25, 0.3) is 0 Å². The average Bonchev–Trinajstić information content (AvgIpc) is 2.56. The minimum absolute atomic E-state index is 0.0210. The number of hydrogen-bond acceptors (Lipinski definition) is 4. The van der Waals surface area contributed by atoms with Gasteiger partial charge in [0.1, 0.15) is 5.75 Å². The number of ether oxygens (including phenoxy) is 1. The minimum Gasteiger partial charge on any atom is -0.497 e. The first-order valence-corrected chi connectivity index (χ1v) is 8.47. The van der Waals surface area contributed by atoms with E-state index in [1.165, 1.54) is 11.8 Å². The fraction of sp³-hybridized carbons (Fsp3) is 0.222. The second kappa shape index (κ2) is 6.97. The van der Waals surface area contributed by atoms with Crippen LogP contribution in [0.1, 0.15) is 12.5 Å². The van der Waals surface area contributed by atoms with Crippen molar-refractivity contribution in [3.8, 4) is 5.75 Å². The molecule has 0 aliphatic carbocycles. The molecule has 0 spiro atoms. The van der Waals surface area contributed by atoms with E-state index in [0.717, 1.165) is 21.9 Å². The molecule has 0 radical (unpaired) electrons. The van der Waals surface area contributed by atoms with Crippen LogP contribution in [0.3, 0.4) is 0 Å². The molecule has 1 aliphatic heterocycles. The van der Waals surface area contributed by atoms with Crippen molar-refractivity contribution in [1.29, 1.82) is 0 Å². The highest BCUT2D eigenvalue weighted by Gasteiger charge is 2.23. The summed E-state index contributed by atoms with van der Waals surface area (Å²) in [5.41, 5.74) is 2.28. The van der Waals surface area contributed by atoms with Crippen LogP contribution in [-0.2, 0) is 16.0 Å². The van der Waals surface area contributed by atoms with Gasteiger partial charge in [-0.1, -0.05) is 12.1 Å². The van der Waals surface area contributed by atoms with Crippen LogP contribution in [-0.4, -0.2) is 24.2 Å². The third-order valence-corrected chi connectivity index (χ3v) is 4.87. The smallest absolute Gasteiger partial charge is 0.237 e. The molecule has 3 rings (SSSR count). The summed E-state index contributed by atoms with van der Waals surface area (Å²) in [7, 11) is 1.60. The number of hydrogen-bond donors (Lipinski definition) is 2. The Kier molecular flexibility index (Phi) is 4.76. The van der Waals surface area contributed by atoms with Crippen molar-refractivity contribution in [2.45, 2.75) is 23.5 Å². The van der Waals surface area contributed by atoms with Gasteiger partial charge in [0.25, 0.3) is 0 Å². The van der Waals surface area contributed by atoms with Crippen molar-refractivity contribution >= 4 is 35.0 Å². The molecule has 0 bridgehead atoms. The van der Waals surface area contributed by atoms with E-state index < -0.39 is 0 Å². The van der Waals surface area contributed by atoms with E-state index in [1.807, 2.05) is 43.3 Å². The molecule has 2 aromatic rings. The third-order valence-electron chi connectivity index (χ3n) is 3.69. The number of carbonyl (C=O) groups excluding carboxylic acids is 2. The number of anilines is 2. The molecule has 6 heteroatoms. The fourth-order valence-electron chi connectivity index (χ4n) is 2.46. The largest absolute Gasteiger partial charge is 0.497 e. The number of fused-ring (bicyclic) bond motifs is 1. The highest BCUT2D eigenvalue weighted by Crippen LogP contribution is 2.36. The summed E-state index contributed by atoms with van der Waals surface area (Å²) in [4.78, 5) is 25.0. The van der Waals surface area contributed by atoms with Crippen LogP contribution in [0.5, 0.6) is 5.75 Å². The van der Waals surface area contributed by atoms with Crippen LogP contribution in [0, 0.1) is 0 Å². The van der Waals surface area contributed by atoms with Crippen LogP contribution in [0.4, 0.5) is 11.4 Å². The van der Waals surface area contributed by atoms with Gasteiger partial charge in [-0.15, -0.1) is 11.8 Å². The van der Waals surface area contributed by atoms with E-state index in [9.17, 15) is 9.59 Å². The standard InChI is InChI=1S/C18H18N2O3S/c1-11-18(22)20-15-10-13(6-7-16(15)24-11)19-17(21)9-12-4-3-5-14(8-12)23-2/h3-8,10-11H,9H2,1-2H3,(H,19,21)(H,20,22). The zero-order chi connectivity index (χ0) is 17.1. The van der Waals surface area contributed by atoms with Gasteiger partial charge in [-0.05, 0) is 42.8 Å². The summed E-state index contributed by atoms with van der Waals surface area (Å²) in [6.45, 7) is 1.87. The predicted molar refractivity (Wildman–Crippen MR) is 95.7 cm³/mol. The molecule has 0 fully saturated rings. The highest BCUT2D eigenvalue weighted by atomic mass is 32.2. The topological polar surface area (TPSA) is 67.4 Å². The van der Waals surface area contributed by atoms with Gasteiger partial charge in [0, 0.05) is 10.6 Å². The SMILES string of the molecule is COc1cccc(CC(=O)Nc2ccc3c(c2)NC(=O)C(C)S3)c1. The number of amides is 2. The first-order chi connectivity index (χ1) is 11.5. The summed E-state index contributed by atoms with van der Waals surface area (Å²) in [6.07, 6.45) is 0.256. The first kappa shape index (κ1) is 16.4. The second-order valence-electron chi connectivity index (χ2n) is 5.54. The lowest BCUT2D eigenvalue weighted by atomic mass is 10.1. The minimum atomic E-state index is -0.119. The van der Waals surface area contributed by atoms with Crippen LogP contribution in [0.2, 0.25) is 0 Å². The molecule has 24 heavy (non-hydrogen) atoms. The van der Waals surface area contributed by atoms with Crippen molar-refractivity contribution in [1.82, 2.24) is 0 Å². The van der Waals surface area contributed by atoms with Gasteiger partial charge in [-0.3, -0.25) is 9.59 Å². The number of carbonyl (C=O) groups is 2. The molecule has 2 amide bonds. The molecule has 1 atom stereocenters. The van der Waals surface area contributed by atoms with Gasteiger partial charge in [0.05, 0.1) is 24.5 Å². The van der Waals surface area contributed by atoms with Gasteiger partial charge in [0.2, 0.25) is 11.8 Å². The van der Waals surface area contributed by atoms with Crippen molar-refractivity contribution in [3.63, 3.8) is 0 Å². The summed E-state index contributed by atoms with van der Waals surface area (Å²) in [5, 5.41) is 5.62. The Balaban J connectivity index is 1.68. The number of benzene rings is 2. The summed E-state index contributed by atoms with van der Waals surface area (Å²) in [5.74, 6) is 0.585. The normalized spacial score (nSPS) is 16.1. The molecule has 1 unspecified atom stereocenters. The van der Waals surface area contributed by atoms with E-state index >= 15 is 0 Å². The van der Waals surface area contributed by atoms with Crippen LogP contribution in [0.15, 0.2) is 47.4 Å². The predicted octanol–water partition coefficient (Wildman–Crippen LogP) is 3.31. The lowest BCUT2D eigenvalue weighted by Crippen LogP contribution is -2.26. The number of rotatable bonds is 4. The van der Waals surface area contributed by atoms with E-state index in [2.05, 4.69) is 10.6 Å². The quantitative estimate of drug-likeness (QED) is 0.894. The van der Waals surface area contributed by atoms with Crippen molar-refractivity contribution < 1.29 is 14.3 Å². The Morgan fingerprint density at radius 2 is 2.12 bits per heavy atom. The molecule has 0 saturated carbocycles. The monoisotopic (exact) mass is 342 g/mol. The maximum absolute atomic E-state index is 12.2. The van der Waals surface area contributed by atoms with E-state index in [-0.39, 0.29) is 23.5 Å². The number of thioether (sulfide) groups is 1. The fourth-order valence-corrected chi connectivity index (χ4v) is 3.39. The van der Waals surface area contributed by atoms with Gasteiger partial charge in [-0.25, -0.2) is 0 Å². The molecular formula is C18H18N2O3S. The average molecular weight is 342 g/mol. The third kappa shape index (κ3) is 3.71.